The largest absolute Gasteiger partial charge is 0.325 e. The minimum Gasteiger partial charge on any atom is -0.325 e. The summed E-state index contributed by atoms with van der Waals surface area (Å²) in [5.41, 5.74) is 1.98. The summed E-state index contributed by atoms with van der Waals surface area (Å²) in [6.07, 6.45) is 4.69. The molecular weight excluding hydrogens is 298 g/mol. The van der Waals surface area contributed by atoms with Crippen LogP contribution < -0.4 is 5.32 Å². The van der Waals surface area contributed by atoms with Crippen LogP contribution in [0.1, 0.15) is 37.3 Å². The fourth-order valence-electron chi connectivity index (χ4n) is 2.62. The van der Waals surface area contributed by atoms with Gasteiger partial charge in [-0.15, -0.1) is 5.10 Å². The van der Waals surface area contributed by atoms with Gasteiger partial charge in [0, 0.05) is 5.69 Å². The average Bonchev–Trinajstić information content (AvgIpc) is 3.18. The van der Waals surface area contributed by atoms with E-state index in [2.05, 4.69) is 20.8 Å². The summed E-state index contributed by atoms with van der Waals surface area (Å²) >= 11 is 1.39. The lowest BCUT2D eigenvalue weighted by molar-refractivity contribution is -0.113. The molecule has 6 nitrogen and oxygen atoms in total. The Balaban J connectivity index is 1.55. The summed E-state index contributed by atoms with van der Waals surface area (Å²) in [6, 6.07) is 8.14. The normalized spacial score (nSPS) is 15.1. The van der Waals surface area contributed by atoms with Crippen molar-refractivity contribution in [2.75, 3.05) is 11.1 Å². The number of nitrogens with zero attached hydrogens (tertiary/aromatic N) is 4. The van der Waals surface area contributed by atoms with Crippen LogP contribution in [0.5, 0.6) is 0 Å². The van der Waals surface area contributed by atoms with E-state index in [-0.39, 0.29) is 5.91 Å². The molecule has 0 unspecified atom stereocenters. The van der Waals surface area contributed by atoms with E-state index in [1.54, 1.807) is 0 Å². The monoisotopic (exact) mass is 317 g/mol. The lowest BCUT2D eigenvalue weighted by Crippen LogP contribution is -2.15. The van der Waals surface area contributed by atoms with Gasteiger partial charge in [0.1, 0.15) is 0 Å². The molecule has 0 bridgehead atoms. The van der Waals surface area contributed by atoms with Crippen molar-refractivity contribution in [1.29, 1.82) is 0 Å². The molecule has 22 heavy (non-hydrogen) atoms. The zero-order chi connectivity index (χ0) is 15.4. The maximum Gasteiger partial charge on any atom is 0.234 e. The zero-order valence-electron chi connectivity index (χ0n) is 12.5. The van der Waals surface area contributed by atoms with Gasteiger partial charge in [0.15, 0.2) is 0 Å². The van der Waals surface area contributed by atoms with E-state index in [0.29, 0.717) is 11.8 Å². The van der Waals surface area contributed by atoms with E-state index in [0.717, 1.165) is 23.7 Å². The molecule has 1 aromatic carbocycles. The lowest BCUT2D eigenvalue weighted by atomic mass is 10.2. The quantitative estimate of drug-likeness (QED) is 0.859. The second-order valence-corrected chi connectivity index (χ2v) is 6.49. The van der Waals surface area contributed by atoms with Crippen molar-refractivity contribution in [3.05, 3.63) is 29.8 Å². The van der Waals surface area contributed by atoms with Crippen molar-refractivity contribution in [3.63, 3.8) is 0 Å². The Kier molecular flexibility index (Phi) is 4.72. The Morgan fingerprint density at radius 3 is 2.77 bits per heavy atom. The van der Waals surface area contributed by atoms with Crippen molar-refractivity contribution < 1.29 is 4.79 Å². The molecule has 0 spiro atoms. The van der Waals surface area contributed by atoms with Gasteiger partial charge in [-0.3, -0.25) is 4.79 Å². The first-order chi connectivity index (χ1) is 10.7. The predicted molar refractivity (Wildman–Crippen MR) is 85.9 cm³/mol. The molecule has 0 aliphatic heterocycles. The van der Waals surface area contributed by atoms with Gasteiger partial charge in [-0.2, -0.15) is 0 Å². The molecule has 0 saturated heterocycles. The number of anilines is 1. The van der Waals surface area contributed by atoms with Crippen LogP contribution in [-0.4, -0.2) is 31.9 Å². The van der Waals surface area contributed by atoms with E-state index in [4.69, 9.17) is 0 Å². The summed E-state index contributed by atoms with van der Waals surface area (Å²) < 4.78 is 1.87. The summed E-state index contributed by atoms with van der Waals surface area (Å²) in [4.78, 5) is 12.0. The molecular formula is C15H19N5OS. The number of aryl methyl sites for hydroxylation is 1. The summed E-state index contributed by atoms with van der Waals surface area (Å²) in [7, 11) is 0. The Hall–Kier alpha value is -1.89. The van der Waals surface area contributed by atoms with Crippen molar-refractivity contribution in [2.24, 2.45) is 0 Å². The maximum atomic E-state index is 12.0. The van der Waals surface area contributed by atoms with Crippen molar-refractivity contribution in [1.82, 2.24) is 20.2 Å². The molecule has 0 atom stereocenters. The predicted octanol–water partition coefficient (Wildman–Crippen LogP) is 2.83. The minimum atomic E-state index is -0.0465. The highest BCUT2D eigenvalue weighted by molar-refractivity contribution is 7.99. The number of hydrogen-bond donors (Lipinski definition) is 1. The molecule has 1 heterocycles. The number of carbonyl (C=O) groups is 1. The van der Waals surface area contributed by atoms with Gasteiger partial charge in [0.05, 0.1) is 11.8 Å². The highest BCUT2D eigenvalue weighted by Gasteiger charge is 2.22. The van der Waals surface area contributed by atoms with E-state index in [1.165, 1.54) is 30.2 Å². The third-order valence-corrected chi connectivity index (χ3v) is 4.73. The van der Waals surface area contributed by atoms with E-state index >= 15 is 0 Å². The molecule has 116 valence electrons. The third kappa shape index (κ3) is 3.65. The summed E-state index contributed by atoms with van der Waals surface area (Å²) in [5, 5.41) is 15.5. The highest BCUT2D eigenvalue weighted by atomic mass is 32.2. The topological polar surface area (TPSA) is 72.7 Å². The minimum absolute atomic E-state index is 0.0465. The highest BCUT2D eigenvalue weighted by Crippen LogP contribution is 2.31. The van der Waals surface area contributed by atoms with E-state index in [9.17, 15) is 4.79 Å². The molecule has 1 N–H and O–H groups in total. The molecule has 1 amide bonds. The second-order valence-electron chi connectivity index (χ2n) is 5.55. The molecule has 1 aliphatic rings. The van der Waals surface area contributed by atoms with Crippen LogP contribution in [0.25, 0.3) is 0 Å². The molecule has 2 aromatic rings. The lowest BCUT2D eigenvalue weighted by Gasteiger charge is -2.10. The van der Waals surface area contributed by atoms with Gasteiger partial charge >= 0.3 is 0 Å². The van der Waals surface area contributed by atoms with Gasteiger partial charge in [-0.1, -0.05) is 42.3 Å². The van der Waals surface area contributed by atoms with Gasteiger partial charge in [0.25, 0.3) is 0 Å². The van der Waals surface area contributed by atoms with Crippen LogP contribution in [0.4, 0.5) is 5.69 Å². The van der Waals surface area contributed by atoms with Crippen molar-refractivity contribution in [2.45, 2.75) is 43.8 Å². The van der Waals surface area contributed by atoms with E-state index in [1.807, 2.05) is 35.9 Å². The fourth-order valence-corrected chi connectivity index (χ4v) is 3.37. The number of amides is 1. The van der Waals surface area contributed by atoms with Crippen LogP contribution >= 0.6 is 11.8 Å². The van der Waals surface area contributed by atoms with Crippen LogP contribution in [0.15, 0.2) is 29.4 Å². The van der Waals surface area contributed by atoms with Crippen LogP contribution in [0, 0.1) is 6.92 Å². The SMILES string of the molecule is Cc1ccc(NC(=O)CSc2nnnn2C2CCCC2)cc1. The third-order valence-electron chi connectivity index (χ3n) is 3.80. The summed E-state index contributed by atoms with van der Waals surface area (Å²) in [5.74, 6) is 0.260. The molecule has 1 aliphatic carbocycles. The van der Waals surface area contributed by atoms with Crippen LogP contribution in [0.3, 0.4) is 0 Å². The molecule has 1 aromatic heterocycles. The number of tetrazole rings is 1. The molecule has 3 rings (SSSR count). The fraction of sp³-hybridized carbons (Fsp3) is 0.467. The number of thioether (sulfide) groups is 1. The average molecular weight is 317 g/mol. The number of nitrogens with one attached hydrogen (secondary N) is 1. The van der Waals surface area contributed by atoms with Crippen LogP contribution in [-0.2, 0) is 4.79 Å². The first kappa shape index (κ1) is 15.0. The Morgan fingerprint density at radius 2 is 2.05 bits per heavy atom. The van der Waals surface area contributed by atoms with Crippen molar-refractivity contribution in [3.8, 4) is 0 Å². The van der Waals surface area contributed by atoms with Gasteiger partial charge in [0.2, 0.25) is 11.1 Å². The number of carbonyl (C=O) groups excluding carboxylic acids is 1. The maximum absolute atomic E-state index is 12.0. The van der Waals surface area contributed by atoms with Gasteiger partial charge < -0.3 is 5.32 Å². The van der Waals surface area contributed by atoms with Gasteiger partial charge in [-0.25, -0.2) is 4.68 Å². The number of hydrogen-bond acceptors (Lipinski definition) is 5. The number of rotatable bonds is 5. The molecule has 0 radical (unpaired) electrons. The summed E-state index contributed by atoms with van der Waals surface area (Å²) in [6.45, 7) is 2.02. The number of aromatic nitrogens is 4. The Bertz CT molecular complexity index is 634. The smallest absolute Gasteiger partial charge is 0.234 e. The first-order valence-electron chi connectivity index (χ1n) is 7.49. The number of benzene rings is 1. The van der Waals surface area contributed by atoms with Gasteiger partial charge in [-0.05, 0) is 42.3 Å². The molecule has 1 saturated carbocycles. The van der Waals surface area contributed by atoms with Crippen molar-refractivity contribution >= 4 is 23.4 Å². The standard InChI is InChI=1S/C15H19N5OS/c1-11-6-8-12(9-7-11)16-14(21)10-22-15-17-18-19-20(15)13-4-2-3-5-13/h6-9,13H,2-5,10H2,1H3,(H,16,21). The van der Waals surface area contributed by atoms with E-state index < -0.39 is 0 Å². The molecule has 7 heteroatoms. The Morgan fingerprint density at radius 1 is 1.32 bits per heavy atom. The molecule has 1 fully saturated rings. The second kappa shape index (κ2) is 6.91. The Labute approximate surface area is 133 Å². The first-order valence-corrected chi connectivity index (χ1v) is 8.48. The zero-order valence-corrected chi connectivity index (χ0v) is 13.3. The van der Waals surface area contributed by atoms with Crippen LogP contribution in [0.2, 0.25) is 0 Å².